The smallest absolute Gasteiger partial charge is 0.416 e. The number of carbonyl (C=O) groups is 1. The summed E-state index contributed by atoms with van der Waals surface area (Å²) in [5.41, 5.74) is 0.671. The molecule has 0 bridgehead atoms. The number of halogens is 3. The van der Waals surface area contributed by atoms with Crippen molar-refractivity contribution in [2.75, 3.05) is 51.0 Å². The summed E-state index contributed by atoms with van der Waals surface area (Å²) >= 11 is 1.12. The molecule has 1 aromatic carbocycles. The molecular weight excluding hydrogens is 497 g/mol. The summed E-state index contributed by atoms with van der Waals surface area (Å²) in [6.45, 7) is 4.74. The average molecular weight is 527 g/mol. The highest BCUT2D eigenvalue weighted by atomic mass is 32.2. The highest BCUT2D eigenvalue weighted by Crippen LogP contribution is 2.35. The zero-order valence-electron chi connectivity index (χ0n) is 20.0. The van der Waals surface area contributed by atoms with Gasteiger partial charge in [-0.2, -0.15) is 18.2 Å². The van der Waals surface area contributed by atoms with E-state index in [-0.39, 0.29) is 22.9 Å². The normalized spacial score (nSPS) is 16.1. The standard InChI is InChI=1S/C24H29F3N4O4S/c1-34-20-7-6-16(24(25,26)27)14-18(20)28-21(32)15-36-22-17-4-2-5-19(17)31(23(33)29-22)9-3-8-30-10-12-35-13-11-30/h6-7,14H,2-5,8-13,15H2,1H3,(H,28,32). The number of carbonyl (C=O) groups excluding carboxylic acids is 1. The minimum Gasteiger partial charge on any atom is -0.495 e. The lowest BCUT2D eigenvalue weighted by Gasteiger charge is -2.26. The molecule has 1 aliphatic carbocycles. The van der Waals surface area contributed by atoms with Crippen LogP contribution in [0, 0.1) is 0 Å². The number of aromatic nitrogens is 2. The summed E-state index contributed by atoms with van der Waals surface area (Å²) < 4.78 is 51.4. The Kier molecular flexibility index (Phi) is 8.58. The predicted octanol–water partition coefficient (Wildman–Crippen LogP) is 3.21. The molecule has 36 heavy (non-hydrogen) atoms. The summed E-state index contributed by atoms with van der Waals surface area (Å²) in [5, 5.41) is 3.00. The van der Waals surface area contributed by atoms with Crippen LogP contribution in [0.25, 0.3) is 0 Å². The monoisotopic (exact) mass is 526 g/mol. The first kappa shape index (κ1) is 26.5. The summed E-state index contributed by atoms with van der Waals surface area (Å²) in [6.07, 6.45) is -1.24. The van der Waals surface area contributed by atoms with Crippen molar-refractivity contribution in [1.82, 2.24) is 14.5 Å². The lowest BCUT2D eigenvalue weighted by molar-refractivity contribution is -0.137. The molecule has 2 aromatic rings. The first-order valence-electron chi connectivity index (χ1n) is 11.9. The van der Waals surface area contributed by atoms with Crippen LogP contribution in [0.4, 0.5) is 18.9 Å². The van der Waals surface area contributed by atoms with Crippen LogP contribution in [0.5, 0.6) is 5.75 Å². The van der Waals surface area contributed by atoms with E-state index in [1.165, 1.54) is 13.2 Å². The first-order valence-corrected chi connectivity index (χ1v) is 12.9. The largest absolute Gasteiger partial charge is 0.495 e. The Labute approximate surface area is 211 Å². The summed E-state index contributed by atoms with van der Waals surface area (Å²) in [4.78, 5) is 32.0. The molecule has 0 spiro atoms. The Morgan fingerprint density at radius 1 is 1.22 bits per heavy atom. The molecular formula is C24H29F3N4O4S. The molecule has 0 saturated carbocycles. The molecule has 1 N–H and O–H groups in total. The van der Waals surface area contributed by atoms with Crippen LogP contribution < -0.4 is 15.7 Å². The number of thioether (sulfide) groups is 1. The zero-order chi connectivity index (χ0) is 25.7. The Balaban J connectivity index is 1.40. The van der Waals surface area contributed by atoms with Crippen LogP contribution in [0.1, 0.15) is 29.7 Å². The number of ether oxygens (including phenoxy) is 2. The topological polar surface area (TPSA) is 85.7 Å². The fraction of sp³-hybridized carbons (Fsp3) is 0.542. The molecule has 1 aliphatic heterocycles. The van der Waals surface area contributed by atoms with Gasteiger partial charge in [0.15, 0.2) is 0 Å². The van der Waals surface area contributed by atoms with Gasteiger partial charge in [0.1, 0.15) is 10.8 Å². The molecule has 12 heteroatoms. The van der Waals surface area contributed by atoms with Crippen molar-refractivity contribution in [1.29, 1.82) is 0 Å². The number of fused-ring (bicyclic) bond motifs is 1. The number of morpholine rings is 1. The van der Waals surface area contributed by atoms with Crippen LogP contribution in [-0.4, -0.2) is 66.1 Å². The number of amides is 1. The van der Waals surface area contributed by atoms with E-state index in [0.29, 0.717) is 11.6 Å². The fourth-order valence-electron chi connectivity index (χ4n) is 4.52. The number of hydrogen-bond donors (Lipinski definition) is 1. The van der Waals surface area contributed by atoms with Gasteiger partial charge in [0.2, 0.25) is 5.91 Å². The van der Waals surface area contributed by atoms with Crippen molar-refractivity contribution in [3.8, 4) is 5.75 Å². The van der Waals surface area contributed by atoms with Gasteiger partial charge in [0.05, 0.1) is 37.3 Å². The van der Waals surface area contributed by atoms with E-state index in [1.807, 2.05) is 0 Å². The number of rotatable bonds is 9. The van der Waals surface area contributed by atoms with Gasteiger partial charge in [-0.3, -0.25) is 14.3 Å². The third-order valence-corrected chi connectivity index (χ3v) is 7.32. The summed E-state index contributed by atoms with van der Waals surface area (Å²) in [5.74, 6) is -0.486. The highest BCUT2D eigenvalue weighted by Gasteiger charge is 2.31. The first-order chi connectivity index (χ1) is 17.3. The van der Waals surface area contributed by atoms with Crippen molar-refractivity contribution in [3.63, 3.8) is 0 Å². The molecule has 196 valence electrons. The van der Waals surface area contributed by atoms with Gasteiger partial charge in [-0.15, -0.1) is 0 Å². The maximum absolute atomic E-state index is 13.1. The van der Waals surface area contributed by atoms with Gasteiger partial charge in [-0.25, -0.2) is 4.79 Å². The fourth-order valence-corrected chi connectivity index (χ4v) is 5.39. The van der Waals surface area contributed by atoms with Gasteiger partial charge in [0.25, 0.3) is 0 Å². The summed E-state index contributed by atoms with van der Waals surface area (Å²) in [7, 11) is 1.32. The number of nitrogens with zero attached hydrogens (tertiary/aromatic N) is 3. The highest BCUT2D eigenvalue weighted by molar-refractivity contribution is 8.00. The second-order valence-electron chi connectivity index (χ2n) is 8.69. The zero-order valence-corrected chi connectivity index (χ0v) is 20.8. The number of methoxy groups -OCH3 is 1. The SMILES string of the molecule is COc1ccc(C(F)(F)F)cc1NC(=O)CSc1nc(=O)n(CCCN2CCOCC2)c2c1CCC2. The van der Waals surface area contributed by atoms with Crippen molar-refractivity contribution in [2.45, 2.75) is 43.4 Å². The third kappa shape index (κ3) is 6.40. The molecule has 1 fully saturated rings. The van der Waals surface area contributed by atoms with Gasteiger partial charge in [-0.05, 0) is 43.9 Å². The number of benzene rings is 1. The molecule has 0 atom stereocenters. The lowest BCUT2D eigenvalue weighted by atomic mass is 10.2. The molecule has 8 nitrogen and oxygen atoms in total. The van der Waals surface area contributed by atoms with Crippen molar-refractivity contribution in [2.24, 2.45) is 0 Å². The quantitative estimate of drug-likeness (QED) is 0.397. The second-order valence-corrected chi connectivity index (χ2v) is 9.65. The van der Waals surface area contributed by atoms with Gasteiger partial charge in [-0.1, -0.05) is 11.8 Å². The Hall–Kier alpha value is -2.57. The Morgan fingerprint density at radius 3 is 2.72 bits per heavy atom. The maximum atomic E-state index is 13.1. The molecule has 0 radical (unpaired) electrons. The number of alkyl halides is 3. The van der Waals surface area contributed by atoms with Gasteiger partial charge < -0.3 is 14.8 Å². The minimum absolute atomic E-state index is 0.0631. The summed E-state index contributed by atoms with van der Waals surface area (Å²) in [6, 6.07) is 2.90. The van der Waals surface area contributed by atoms with E-state index in [1.54, 1.807) is 4.57 Å². The van der Waals surface area contributed by atoms with E-state index in [4.69, 9.17) is 9.47 Å². The van der Waals surface area contributed by atoms with E-state index < -0.39 is 17.6 Å². The maximum Gasteiger partial charge on any atom is 0.416 e. The number of anilines is 1. The lowest BCUT2D eigenvalue weighted by Crippen LogP contribution is -2.37. The van der Waals surface area contributed by atoms with Crippen LogP contribution in [0.15, 0.2) is 28.0 Å². The van der Waals surface area contributed by atoms with E-state index in [2.05, 4.69) is 15.2 Å². The molecule has 1 amide bonds. The number of hydrogen-bond acceptors (Lipinski definition) is 7. The molecule has 1 saturated heterocycles. The molecule has 4 rings (SSSR count). The van der Waals surface area contributed by atoms with Crippen molar-refractivity contribution in [3.05, 3.63) is 45.5 Å². The Bertz CT molecular complexity index is 1150. The van der Waals surface area contributed by atoms with Crippen LogP contribution >= 0.6 is 11.8 Å². The second kappa shape index (κ2) is 11.7. The van der Waals surface area contributed by atoms with Gasteiger partial charge >= 0.3 is 11.9 Å². The molecule has 0 unspecified atom stereocenters. The van der Waals surface area contributed by atoms with Crippen molar-refractivity contribution < 1.29 is 27.4 Å². The third-order valence-electron chi connectivity index (χ3n) is 6.30. The van der Waals surface area contributed by atoms with Gasteiger partial charge in [0, 0.05) is 37.4 Å². The van der Waals surface area contributed by atoms with Crippen LogP contribution in [0.2, 0.25) is 0 Å². The predicted molar refractivity (Wildman–Crippen MR) is 130 cm³/mol. The van der Waals surface area contributed by atoms with Crippen LogP contribution in [-0.2, 0) is 35.1 Å². The average Bonchev–Trinajstić information content (AvgIpc) is 3.34. The molecule has 2 aliphatic rings. The number of nitrogens with one attached hydrogen (secondary N) is 1. The van der Waals surface area contributed by atoms with E-state index in [0.717, 1.165) is 93.7 Å². The van der Waals surface area contributed by atoms with E-state index in [9.17, 15) is 22.8 Å². The van der Waals surface area contributed by atoms with E-state index >= 15 is 0 Å². The minimum atomic E-state index is -4.54. The molecule has 2 heterocycles. The Morgan fingerprint density at radius 2 is 2.00 bits per heavy atom. The van der Waals surface area contributed by atoms with Crippen LogP contribution in [0.3, 0.4) is 0 Å². The molecule has 1 aromatic heterocycles. The van der Waals surface area contributed by atoms with Crippen molar-refractivity contribution >= 4 is 23.4 Å².